The molecule has 0 saturated carbocycles. The summed E-state index contributed by atoms with van der Waals surface area (Å²) in [5.41, 5.74) is 6.53. The molecule has 23 nitrogen and oxygen atoms in total. The number of hydrogen-bond acceptors (Lipinski definition) is 17. The SMILES string of the molecule is CC1(C)CCC(CN2CCN(c3ccc(C(=O)NS(=O)(=O)c4ccc(NCC5CCN(Cc6cn(CC#Cc7cccc8c7C(=O)N(C7CCC(=O)NC7=O)C8=O)nn6)CC5)c([N+](=O)[O-])c4)c(Oc4cnc5[nH]ccc5c4)c3)CC2)=C(c2ccc(Cl)cc2)C1. The fourth-order valence-electron chi connectivity index (χ4n) is 12.4. The van der Waals surface area contributed by atoms with Gasteiger partial charge in [-0.1, -0.05) is 66.3 Å². The zero-order valence-electron chi connectivity index (χ0n) is 49.0. The lowest BCUT2D eigenvalue weighted by atomic mass is 9.72. The molecule has 5 amide bonds. The van der Waals surface area contributed by atoms with Crippen LogP contribution in [0.3, 0.4) is 0 Å². The standard InChI is InChI=1S/C64H64ClN13O10S/c1-64(2)22-18-44(52(34-64)41-8-10-45(65)11-9-41)37-74-27-29-75(30-28-74)47-12-14-50(56(32-47)88-48-31-43-19-23-66-59(43)68-36-48)60(80)71-89(86,87)49-13-15-53(55(33-49)78(84)85)67-35-40-20-25-73(26-21-40)38-46-39-76(72-70-46)24-4-6-42-5-3-7-51-58(42)63(83)77(62(51)82)54-16-17-57(79)69-61(54)81/h3,5,7-15,19,23,31-33,36,39-40,54,67H,16-18,20-22,24-30,34-35,37-38H2,1-2H3,(H,66,68)(H,71,80)(H,69,79,81). The number of H-pyrrole nitrogens is 1. The van der Waals surface area contributed by atoms with E-state index < -0.39 is 61.1 Å². The molecule has 458 valence electrons. The zero-order valence-corrected chi connectivity index (χ0v) is 50.5. The van der Waals surface area contributed by atoms with Crippen LogP contribution in [0.25, 0.3) is 16.6 Å². The maximum Gasteiger partial charge on any atom is 0.293 e. The van der Waals surface area contributed by atoms with E-state index in [4.69, 9.17) is 16.3 Å². The van der Waals surface area contributed by atoms with Gasteiger partial charge in [-0.05, 0) is 135 Å². The summed E-state index contributed by atoms with van der Waals surface area (Å²) in [5.74, 6) is 3.13. The number of anilines is 2. The number of nitro groups is 1. The summed E-state index contributed by atoms with van der Waals surface area (Å²) >= 11 is 6.27. The summed E-state index contributed by atoms with van der Waals surface area (Å²) in [6.45, 7) is 10.9. The van der Waals surface area contributed by atoms with E-state index in [0.717, 1.165) is 73.8 Å². The summed E-state index contributed by atoms with van der Waals surface area (Å²) in [5, 5.41) is 27.9. The van der Waals surface area contributed by atoms with Crippen LogP contribution in [0.15, 0.2) is 120 Å². The van der Waals surface area contributed by atoms with E-state index in [1.807, 2.05) is 18.2 Å². The summed E-state index contributed by atoms with van der Waals surface area (Å²) in [4.78, 5) is 91.8. The first-order valence-electron chi connectivity index (χ1n) is 29.5. The lowest BCUT2D eigenvalue weighted by molar-refractivity contribution is -0.384. The highest BCUT2D eigenvalue weighted by molar-refractivity contribution is 7.90. The van der Waals surface area contributed by atoms with Crippen molar-refractivity contribution in [2.75, 3.05) is 62.6 Å². The number of halogens is 1. The largest absolute Gasteiger partial charge is 0.455 e. The lowest BCUT2D eigenvalue weighted by Crippen LogP contribution is -2.54. The predicted molar refractivity (Wildman–Crippen MR) is 332 cm³/mol. The number of imide groups is 2. The highest BCUT2D eigenvalue weighted by atomic mass is 35.5. The maximum absolute atomic E-state index is 14.2. The van der Waals surface area contributed by atoms with Gasteiger partial charge in [-0.2, -0.15) is 0 Å². The Morgan fingerprint density at radius 1 is 0.899 bits per heavy atom. The summed E-state index contributed by atoms with van der Waals surface area (Å²) < 4.78 is 38.1. The number of rotatable bonds is 17. The number of pyridine rings is 1. The molecule has 4 N–H and O–H groups in total. The zero-order chi connectivity index (χ0) is 62.1. The monoisotopic (exact) mass is 1240 g/mol. The summed E-state index contributed by atoms with van der Waals surface area (Å²) in [6, 6.07) is 23.9. The lowest BCUT2D eigenvalue weighted by Gasteiger charge is -2.39. The average Bonchev–Trinajstić information content (AvgIpc) is 1.78. The van der Waals surface area contributed by atoms with Crippen LogP contribution in [0.5, 0.6) is 11.5 Å². The molecule has 1 aliphatic carbocycles. The molecule has 3 aromatic heterocycles. The van der Waals surface area contributed by atoms with Crippen LogP contribution in [0.4, 0.5) is 17.1 Å². The van der Waals surface area contributed by atoms with Crippen LogP contribution in [-0.2, 0) is 32.7 Å². The third-order valence-electron chi connectivity index (χ3n) is 17.2. The topological polar surface area (TPSA) is 280 Å². The van der Waals surface area contributed by atoms with Crippen molar-refractivity contribution in [3.63, 3.8) is 0 Å². The minimum Gasteiger partial charge on any atom is -0.455 e. The van der Waals surface area contributed by atoms with Crippen molar-refractivity contribution in [1.82, 2.24) is 49.7 Å². The predicted octanol–water partition coefficient (Wildman–Crippen LogP) is 8.19. The molecule has 89 heavy (non-hydrogen) atoms. The number of likely N-dealkylation sites (tertiary alicyclic amines) is 1. The van der Waals surface area contributed by atoms with Crippen LogP contribution in [0.2, 0.25) is 5.02 Å². The van der Waals surface area contributed by atoms with Crippen molar-refractivity contribution >= 4 is 84.8 Å². The highest BCUT2D eigenvalue weighted by Gasteiger charge is 2.45. The molecule has 7 heterocycles. The van der Waals surface area contributed by atoms with Crippen LogP contribution in [-0.4, -0.2) is 141 Å². The molecule has 4 aliphatic heterocycles. The second-order valence-electron chi connectivity index (χ2n) is 23.9. The molecule has 1 unspecified atom stereocenters. The van der Waals surface area contributed by atoms with E-state index in [1.165, 1.54) is 47.2 Å². The van der Waals surface area contributed by atoms with Gasteiger partial charge in [-0.25, -0.2) is 22.8 Å². The van der Waals surface area contributed by atoms with Gasteiger partial charge in [0, 0.05) is 92.2 Å². The van der Waals surface area contributed by atoms with Crippen molar-refractivity contribution in [2.45, 2.75) is 82.8 Å². The Morgan fingerprint density at radius 3 is 2.46 bits per heavy atom. The number of fused-ring (bicyclic) bond motifs is 2. The van der Waals surface area contributed by atoms with Gasteiger partial charge in [0.05, 0.1) is 44.6 Å². The van der Waals surface area contributed by atoms with E-state index in [-0.39, 0.29) is 58.8 Å². The van der Waals surface area contributed by atoms with Gasteiger partial charge < -0.3 is 19.9 Å². The minimum absolute atomic E-state index is 0.0141. The first kappa shape index (κ1) is 60.0. The van der Waals surface area contributed by atoms with Crippen molar-refractivity contribution < 1.29 is 42.1 Å². The van der Waals surface area contributed by atoms with Crippen molar-refractivity contribution in [3.8, 4) is 23.3 Å². The molecule has 3 fully saturated rings. The summed E-state index contributed by atoms with van der Waals surface area (Å²) in [7, 11) is -4.66. The number of piperazine rings is 1. The van der Waals surface area contributed by atoms with Gasteiger partial charge in [0.1, 0.15) is 35.4 Å². The average molecular weight is 1240 g/mol. The van der Waals surface area contributed by atoms with Crippen LogP contribution < -0.4 is 25.0 Å². The van der Waals surface area contributed by atoms with Crippen LogP contribution >= 0.6 is 11.6 Å². The number of nitrogens with one attached hydrogen (secondary N) is 4. The summed E-state index contributed by atoms with van der Waals surface area (Å²) in [6.07, 6.45) is 9.73. The number of carbonyl (C=O) groups excluding carboxylic acids is 5. The molecule has 1 atom stereocenters. The number of carbonyl (C=O) groups is 5. The molecule has 0 bridgehead atoms. The van der Waals surface area contributed by atoms with Gasteiger partial charge in [0.25, 0.3) is 33.4 Å². The Bertz CT molecular complexity index is 4190. The van der Waals surface area contributed by atoms with Crippen molar-refractivity contribution in [1.29, 1.82) is 0 Å². The quantitative estimate of drug-likeness (QED) is 0.0289. The third-order valence-corrected chi connectivity index (χ3v) is 18.8. The second-order valence-corrected chi connectivity index (χ2v) is 26.0. The Kier molecular flexibility index (Phi) is 16.9. The van der Waals surface area contributed by atoms with E-state index in [1.54, 1.807) is 47.4 Å². The van der Waals surface area contributed by atoms with E-state index >= 15 is 0 Å². The number of hydrogen-bond donors (Lipinski definition) is 4. The number of piperidine rings is 2. The third kappa shape index (κ3) is 13.3. The molecule has 0 radical (unpaired) electrons. The molecular weight excluding hydrogens is 1180 g/mol. The molecule has 7 aromatic rings. The van der Waals surface area contributed by atoms with Crippen LogP contribution in [0.1, 0.15) is 107 Å². The number of allylic oxidation sites excluding steroid dienone is 1. The number of sulfonamides is 1. The Balaban J connectivity index is 0.653. The number of aromatic nitrogens is 5. The van der Waals surface area contributed by atoms with Gasteiger partial charge in [-0.3, -0.25) is 54.1 Å². The number of ether oxygens (including phenoxy) is 1. The Morgan fingerprint density at radius 2 is 1.69 bits per heavy atom. The number of amides is 5. The molecule has 25 heteroatoms. The van der Waals surface area contributed by atoms with E-state index in [9.17, 15) is 42.5 Å². The van der Waals surface area contributed by atoms with E-state index in [0.29, 0.717) is 66.9 Å². The molecule has 4 aromatic carbocycles. The fourth-order valence-corrected chi connectivity index (χ4v) is 13.5. The first-order valence-corrected chi connectivity index (χ1v) is 31.4. The van der Waals surface area contributed by atoms with E-state index in [2.05, 4.69) is 88.2 Å². The van der Waals surface area contributed by atoms with Gasteiger partial charge in [-0.15, -0.1) is 5.10 Å². The maximum atomic E-state index is 14.2. The molecule has 0 spiro atoms. The molecule has 3 saturated heterocycles. The number of nitrogens with zero attached hydrogens (tertiary/aromatic N) is 9. The van der Waals surface area contributed by atoms with Crippen molar-refractivity contribution in [3.05, 3.63) is 164 Å². The minimum atomic E-state index is -4.66. The van der Waals surface area contributed by atoms with Gasteiger partial charge in [0.15, 0.2) is 0 Å². The fraction of sp³-hybridized carbons (Fsp3) is 0.344. The van der Waals surface area contributed by atoms with Crippen LogP contribution in [0, 0.1) is 33.3 Å². The number of aromatic amines is 1. The second kappa shape index (κ2) is 25.1. The van der Waals surface area contributed by atoms with Crippen molar-refractivity contribution in [2.24, 2.45) is 11.3 Å². The van der Waals surface area contributed by atoms with Gasteiger partial charge in [0.2, 0.25) is 11.8 Å². The smallest absolute Gasteiger partial charge is 0.293 e. The Labute approximate surface area is 518 Å². The molecular formula is C64H64ClN13O10S. The highest BCUT2D eigenvalue weighted by Crippen LogP contribution is 2.44. The first-order chi connectivity index (χ1) is 42.8. The number of nitro benzene ring substituents is 1. The number of benzene rings is 4. The van der Waals surface area contributed by atoms with Gasteiger partial charge >= 0.3 is 0 Å². The molecule has 5 aliphatic rings. The normalized spacial score (nSPS) is 18.4. The Hall–Kier alpha value is -9.28. The molecule has 12 rings (SSSR count).